The maximum Gasteiger partial charge on any atom is 0.290 e. The number of rotatable bonds is 1. The molecule has 1 aliphatic carbocycles. The van der Waals surface area contributed by atoms with E-state index in [1.165, 1.54) is 12.2 Å². The molecule has 0 aromatic carbocycles. The van der Waals surface area contributed by atoms with Crippen molar-refractivity contribution in [2.24, 2.45) is 0 Å². The van der Waals surface area contributed by atoms with Crippen molar-refractivity contribution in [3.63, 3.8) is 0 Å². The second-order valence-electron chi connectivity index (χ2n) is 2.35. The molecule has 1 rings (SSSR count). The zero-order valence-electron chi connectivity index (χ0n) is 5.87. The summed E-state index contributed by atoms with van der Waals surface area (Å²) in [5.74, 6) is 0. The summed E-state index contributed by atoms with van der Waals surface area (Å²) in [6, 6.07) is 0. The largest absolute Gasteiger partial charge is 0.290 e. The molecule has 0 amide bonds. The molecule has 0 radical (unpaired) electrons. The lowest BCUT2D eigenvalue weighted by Crippen LogP contribution is -2.33. The van der Waals surface area contributed by atoms with Gasteiger partial charge in [0.25, 0.3) is 10.1 Å². The van der Waals surface area contributed by atoms with Crippen LogP contribution in [0, 0.1) is 0 Å². The Morgan fingerprint density at radius 1 is 1.58 bits per heavy atom. The Hall–Kier alpha value is -0.0300. The van der Waals surface area contributed by atoms with E-state index in [1.807, 2.05) is 0 Å². The highest BCUT2D eigenvalue weighted by atomic mass is 35.5. The Morgan fingerprint density at radius 2 is 2.17 bits per heavy atom. The predicted octanol–water partition coefficient (Wildman–Crippen LogP) is 1.89. The molecule has 0 fully saturated rings. The highest BCUT2D eigenvalue weighted by molar-refractivity contribution is 7.89. The Bertz CT molecular complexity index is 344. The van der Waals surface area contributed by atoms with Crippen LogP contribution in [0.3, 0.4) is 0 Å². The summed E-state index contributed by atoms with van der Waals surface area (Å²) < 4.78 is 28.4. The molecule has 3 nitrogen and oxygen atoms in total. The Labute approximate surface area is 80.4 Å². The average molecular weight is 229 g/mol. The summed E-state index contributed by atoms with van der Waals surface area (Å²) in [5.41, 5.74) is 0. The van der Waals surface area contributed by atoms with Gasteiger partial charge in [-0.05, 0) is 6.08 Å². The molecule has 6 heteroatoms. The third kappa shape index (κ3) is 1.52. The molecular formula is C6H6Cl2O3S. The molecule has 0 saturated carbocycles. The fraction of sp³-hybridized carbons (Fsp3) is 0.333. The second kappa shape index (κ2) is 3.03. The molecule has 0 saturated heterocycles. The van der Waals surface area contributed by atoms with Gasteiger partial charge in [0.05, 0.1) is 5.03 Å². The third-order valence-electron chi connectivity index (χ3n) is 1.52. The Morgan fingerprint density at radius 3 is 2.50 bits per heavy atom. The van der Waals surface area contributed by atoms with Crippen LogP contribution in [0.2, 0.25) is 0 Å². The number of hydrogen-bond acceptors (Lipinski definition) is 2. The van der Waals surface area contributed by atoms with Crippen molar-refractivity contribution in [2.75, 3.05) is 0 Å². The van der Waals surface area contributed by atoms with Gasteiger partial charge in [-0.1, -0.05) is 35.4 Å². The van der Waals surface area contributed by atoms with E-state index in [0.29, 0.717) is 0 Å². The van der Waals surface area contributed by atoms with Gasteiger partial charge in [-0.2, -0.15) is 8.42 Å². The lowest BCUT2D eigenvalue weighted by molar-refractivity contribution is 0.467. The Balaban J connectivity index is 3.19. The number of hydrogen-bond donors (Lipinski definition) is 1. The second-order valence-corrected chi connectivity index (χ2v) is 5.27. The molecule has 68 valence electrons. The summed E-state index contributed by atoms with van der Waals surface area (Å²) in [5, 5.41) is -0.0887. The van der Waals surface area contributed by atoms with Crippen molar-refractivity contribution >= 4 is 33.3 Å². The van der Waals surface area contributed by atoms with E-state index in [2.05, 4.69) is 0 Å². The van der Waals surface area contributed by atoms with Crippen LogP contribution in [0.4, 0.5) is 0 Å². The highest BCUT2D eigenvalue weighted by Crippen LogP contribution is 2.39. The molecule has 0 aliphatic heterocycles. The first kappa shape index (κ1) is 10.1. The lowest BCUT2D eigenvalue weighted by atomic mass is 10.2. The molecule has 0 bridgehead atoms. The lowest BCUT2D eigenvalue weighted by Gasteiger charge is -2.23. The van der Waals surface area contributed by atoms with Crippen LogP contribution in [0.15, 0.2) is 23.3 Å². The van der Waals surface area contributed by atoms with Gasteiger partial charge in [-0.15, -0.1) is 0 Å². The van der Waals surface area contributed by atoms with Crippen molar-refractivity contribution in [1.82, 2.24) is 0 Å². The van der Waals surface area contributed by atoms with Crippen LogP contribution in [-0.4, -0.2) is 17.2 Å². The molecule has 0 aromatic heterocycles. The number of alkyl halides is 1. The maximum atomic E-state index is 10.8. The smallest absolute Gasteiger partial charge is 0.284 e. The summed E-state index contributed by atoms with van der Waals surface area (Å²) in [6.07, 6.45) is 4.41. The molecule has 1 atom stereocenters. The molecule has 0 heterocycles. The zero-order chi connectivity index (χ0) is 9.41. The summed E-state index contributed by atoms with van der Waals surface area (Å²) >= 11 is 11.2. The minimum Gasteiger partial charge on any atom is -0.284 e. The topological polar surface area (TPSA) is 54.4 Å². The van der Waals surface area contributed by atoms with Crippen molar-refractivity contribution in [3.8, 4) is 0 Å². The van der Waals surface area contributed by atoms with Crippen LogP contribution in [-0.2, 0) is 10.1 Å². The van der Waals surface area contributed by atoms with Gasteiger partial charge >= 0.3 is 0 Å². The van der Waals surface area contributed by atoms with Crippen LogP contribution < -0.4 is 0 Å². The quantitative estimate of drug-likeness (QED) is 0.551. The zero-order valence-corrected chi connectivity index (χ0v) is 8.20. The van der Waals surface area contributed by atoms with E-state index in [1.54, 1.807) is 6.08 Å². The van der Waals surface area contributed by atoms with E-state index in [4.69, 9.17) is 27.8 Å². The molecule has 0 aromatic rings. The Kier molecular flexibility index (Phi) is 2.54. The van der Waals surface area contributed by atoms with Crippen LogP contribution >= 0.6 is 23.2 Å². The van der Waals surface area contributed by atoms with Gasteiger partial charge in [0.1, 0.15) is 0 Å². The minimum absolute atomic E-state index is 0.0251. The SMILES string of the molecule is O=S(=O)(O)C1(Cl)CC=CC=C1Cl. The van der Waals surface area contributed by atoms with Crippen molar-refractivity contribution in [2.45, 2.75) is 10.6 Å². The number of allylic oxidation sites excluding steroid dienone is 3. The minimum atomic E-state index is -4.36. The first-order chi connectivity index (χ1) is 5.38. The van der Waals surface area contributed by atoms with E-state index < -0.39 is 14.3 Å². The van der Waals surface area contributed by atoms with Crippen molar-refractivity contribution < 1.29 is 13.0 Å². The first-order valence-electron chi connectivity index (χ1n) is 3.07. The molecule has 1 aliphatic rings. The summed E-state index contributed by atoms with van der Waals surface area (Å²) in [7, 11) is -4.36. The standard InChI is InChI=1S/C6H6Cl2O3S/c7-5-3-1-2-4-6(5,8)12(9,10)11/h1-3H,4H2,(H,9,10,11). The third-order valence-corrected chi connectivity index (χ3v) is 4.33. The fourth-order valence-electron chi connectivity index (χ4n) is 0.823. The van der Waals surface area contributed by atoms with E-state index in [-0.39, 0.29) is 11.5 Å². The highest BCUT2D eigenvalue weighted by Gasteiger charge is 2.44. The normalized spacial score (nSPS) is 30.1. The van der Waals surface area contributed by atoms with Crippen LogP contribution in [0.1, 0.15) is 6.42 Å². The molecule has 12 heavy (non-hydrogen) atoms. The van der Waals surface area contributed by atoms with Gasteiger partial charge in [0.2, 0.25) is 4.21 Å². The van der Waals surface area contributed by atoms with Crippen LogP contribution in [0.5, 0.6) is 0 Å². The fourth-order valence-corrected chi connectivity index (χ4v) is 2.04. The van der Waals surface area contributed by atoms with Gasteiger partial charge < -0.3 is 0 Å². The molecule has 1 unspecified atom stereocenters. The van der Waals surface area contributed by atoms with Gasteiger partial charge in [0.15, 0.2) is 0 Å². The summed E-state index contributed by atoms with van der Waals surface area (Å²) in [4.78, 5) is 0. The molecular weight excluding hydrogens is 223 g/mol. The first-order valence-corrected chi connectivity index (χ1v) is 5.26. The van der Waals surface area contributed by atoms with Gasteiger partial charge in [-0.25, -0.2) is 0 Å². The van der Waals surface area contributed by atoms with E-state index in [9.17, 15) is 8.42 Å². The summed E-state index contributed by atoms with van der Waals surface area (Å²) in [6.45, 7) is 0. The predicted molar refractivity (Wildman–Crippen MR) is 47.8 cm³/mol. The number of halogens is 2. The van der Waals surface area contributed by atoms with Crippen molar-refractivity contribution in [1.29, 1.82) is 0 Å². The maximum absolute atomic E-state index is 10.8. The van der Waals surface area contributed by atoms with E-state index in [0.717, 1.165) is 0 Å². The van der Waals surface area contributed by atoms with Gasteiger partial charge in [0, 0.05) is 6.42 Å². The molecule has 1 N–H and O–H groups in total. The average Bonchev–Trinajstić information content (AvgIpc) is 1.93. The monoisotopic (exact) mass is 228 g/mol. The van der Waals surface area contributed by atoms with E-state index >= 15 is 0 Å². The van der Waals surface area contributed by atoms with Gasteiger partial charge in [-0.3, -0.25) is 4.55 Å². The van der Waals surface area contributed by atoms with Crippen molar-refractivity contribution in [3.05, 3.63) is 23.3 Å². The molecule has 0 spiro atoms. The van der Waals surface area contributed by atoms with Crippen LogP contribution in [0.25, 0.3) is 0 Å².